The number of hydrogen-bond donors (Lipinski definition) is 2. The number of pyridine rings is 1. The summed E-state index contributed by atoms with van der Waals surface area (Å²) in [5.74, 6) is -0.561. The molecule has 1 fully saturated rings. The highest BCUT2D eigenvalue weighted by Crippen LogP contribution is 2.26. The number of hydrogen-bond acceptors (Lipinski definition) is 3. The Balaban J connectivity index is 2.21. The van der Waals surface area contributed by atoms with Crippen LogP contribution in [0.1, 0.15) is 34.0 Å². The molecule has 4 heteroatoms. The van der Waals surface area contributed by atoms with Gasteiger partial charge in [-0.1, -0.05) is 11.6 Å². The normalized spacial score (nSPS) is 18.9. The molecule has 1 atom stereocenters. The molecule has 0 aliphatic carbocycles. The lowest BCUT2D eigenvalue weighted by molar-refractivity contribution is 0.0699. The Morgan fingerprint density at radius 2 is 2.26 bits per heavy atom. The van der Waals surface area contributed by atoms with E-state index < -0.39 is 5.97 Å². The Morgan fingerprint density at radius 1 is 1.42 bits per heavy atom. The number of nitrogens with zero attached hydrogens (tertiary/aromatic N) is 1. The molecule has 0 saturated carbocycles. The number of nitrogens with one attached hydrogen (secondary N) is 1. The van der Waals surface area contributed by atoms with Crippen LogP contribution >= 0.6 is 0 Å². The van der Waals surface area contributed by atoms with Crippen molar-refractivity contribution in [1.82, 2.24) is 10.3 Å². The van der Waals surface area contributed by atoms with Gasteiger partial charge in [0.25, 0.3) is 0 Å². The first-order chi connectivity index (χ1) is 9.15. The molecule has 2 heterocycles. The molecule has 0 amide bonds. The quantitative estimate of drug-likeness (QED) is 0.865. The van der Waals surface area contributed by atoms with E-state index in [1.165, 1.54) is 0 Å². The van der Waals surface area contributed by atoms with E-state index >= 15 is 0 Å². The van der Waals surface area contributed by atoms with E-state index in [1.54, 1.807) is 6.07 Å². The van der Waals surface area contributed by atoms with Crippen molar-refractivity contribution in [1.29, 1.82) is 0 Å². The highest BCUT2D eigenvalue weighted by molar-refractivity contribution is 6.02. The van der Waals surface area contributed by atoms with E-state index in [0.717, 1.165) is 41.7 Å². The Bertz CT molecular complexity index is 646. The monoisotopic (exact) mass is 256 g/mol. The molecule has 1 unspecified atom stereocenters. The summed E-state index contributed by atoms with van der Waals surface area (Å²) in [5.41, 5.74) is 3.06. The molecule has 1 aromatic carbocycles. The van der Waals surface area contributed by atoms with Crippen LogP contribution in [-0.4, -0.2) is 29.1 Å². The van der Waals surface area contributed by atoms with Gasteiger partial charge in [0.15, 0.2) is 0 Å². The van der Waals surface area contributed by atoms with Gasteiger partial charge in [0.1, 0.15) is 0 Å². The smallest absolute Gasteiger partial charge is 0.336 e. The molecule has 2 aromatic rings. The van der Waals surface area contributed by atoms with Gasteiger partial charge in [-0.15, -0.1) is 0 Å². The number of carbonyl (C=O) groups is 1. The number of aromatic nitrogens is 1. The molecular formula is C15H16N2O2. The van der Waals surface area contributed by atoms with Gasteiger partial charge in [-0.2, -0.15) is 0 Å². The van der Waals surface area contributed by atoms with Crippen molar-refractivity contribution < 1.29 is 9.90 Å². The second kappa shape index (κ2) is 4.63. The van der Waals surface area contributed by atoms with Crippen LogP contribution in [0.3, 0.4) is 0 Å². The van der Waals surface area contributed by atoms with Gasteiger partial charge in [-0.25, -0.2) is 4.79 Å². The lowest BCUT2D eigenvalue weighted by Crippen LogP contribution is -2.10. The van der Waals surface area contributed by atoms with Crippen LogP contribution in [-0.2, 0) is 0 Å². The lowest BCUT2D eigenvalue weighted by atomic mass is 9.99. The molecule has 0 radical (unpaired) electrons. The van der Waals surface area contributed by atoms with Gasteiger partial charge in [0, 0.05) is 23.5 Å². The summed E-state index contributed by atoms with van der Waals surface area (Å²) >= 11 is 0. The summed E-state index contributed by atoms with van der Waals surface area (Å²) in [6.45, 7) is 3.81. The van der Waals surface area contributed by atoms with Crippen molar-refractivity contribution >= 4 is 16.9 Å². The zero-order valence-corrected chi connectivity index (χ0v) is 10.8. The maximum absolute atomic E-state index is 11.4. The predicted octanol–water partition coefficient (Wildman–Crippen LogP) is 2.32. The van der Waals surface area contributed by atoms with Crippen LogP contribution in [0, 0.1) is 6.92 Å². The molecule has 0 bridgehead atoms. The largest absolute Gasteiger partial charge is 0.478 e. The number of aryl methyl sites for hydroxylation is 1. The summed E-state index contributed by atoms with van der Waals surface area (Å²) in [6, 6.07) is 7.50. The van der Waals surface area contributed by atoms with Crippen LogP contribution in [0.4, 0.5) is 0 Å². The summed E-state index contributed by atoms with van der Waals surface area (Å²) in [7, 11) is 0. The van der Waals surface area contributed by atoms with Crippen LogP contribution in [0.15, 0.2) is 24.3 Å². The highest BCUT2D eigenvalue weighted by atomic mass is 16.4. The Hall–Kier alpha value is -1.94. The molecule has 19 heavy (non-hydrogen) atoms. The Kier molecular flexibility index (Phi) is 2.95. The highest BCUT2D eigenvalue weighted by Gasteiger charge is 2.21. The summed E-state index contributed by atoms with van der Waals surface area (Å²) < 4.78 is 0. The zero-order chi connectivity index (χ0) is 13.4. The number of fused-ring (bicyclic) bond motifs is 1. The van der Waals surface area contributed by atoms with E-state index in [2.05, 4.69) is 10.3 Å². The molecule has 1 saturated heterocycles. The van der Waals surface area contributed by atoms with Gasteiger partial charge in [0.05, 0.1) is 11.1 Å². The molecule has 1 aliphatic heterocycles. The van der Waals surface area contributed by atoms with Crippen molar-refractivity contribution in [3.8, 4) is 0 Å². The predicted molar refractivity (Wildman–Crippen MR) is 73.7 cm³/mol. The standard InChI is InChI=1S/C15H16N2O2/c1-9-2-3-13-11(6-9)12(15(18)19)7-14(17-13)10-4-5-16-8-10/h2-3,6-7,10,16H,4-5,8H2,1H3,(H,18,19). The van der Waals surface area contributed by atoms with Gasteiger partial charge >= 0.3 is 5.97 Å². The fraction of sp³-hybridized carbons (Fsp3) is 0.333. The van der Waals surface area contributed by atoms with E-state index in [4.69, 9.17) is 0 Å². The van der Waals surface area contributed by atoms with Crippen molar-refractivity contribution in [2.24, 2.45) is 0 Å². The van der Waals surface area contributed by atoms with E-state index in [9.17, 15) is 9.90 Å². The molecule has 2 N–H and O–H groups in total. The van der Waals surface area contributed by atoms with E-state index in [0.29, 0.717) is 11.5 Å². The maximum atomic E-state index is 11.4. The molecule has 3 rings (SSSR count). The minimum absolute atomic E-state index is 0.323. The van der Waals surface area contributed by atoms with E-state index in [1.807, 2.05) is 25.1 Å². The fourth-order valence-electron chi connectivity index (χ4n) is 2.65. The van der Waals surface area contributed by atoms with Gasteiger partial charge < -0.3 is 10.4 Å². The molecule has 4 nitrogen and oxygen atoms in total. The average Bonchev–Trinajstić information content (AvgIpc) is 2.91. The second-order valence-corrected chi connectivity index (χ2v) is 5.11. The van der Waals surface area contributed by atoms with Crippen LogP contribution < -0.4 is 5.32 Å². The van der Waals surface area contributed by atoms with Crippen LogP contribution in [0.25, 0.3) is 10.9 Å². The SMILES string of the molecule is Cc1ccc2nc(C3CCNC3)cc(C(=O)O)c2c1. The lowest BCUT2D eigenvalue weighted by Gasteiger charge is -2.11. The van der Waals surface area contributed by atoms with Crippen LogP contribution in [0.2, 0.25) is 0 Å². The number of aromatic carboxylic acids is 1. The van der Waals surface area contributed by atoms with Gasteiger partial charge in [-0.05, 0) is 38.1 Å². The minimum Gasteiger partial charge on any atom is -0.478 e. The number of carboxylic acids is 1. The third-order valence-electron chi connectivity index (χ3n) is 3.69. The first kappa shape index (κ1) is 12.1. The summed E-state index contributed by atoms with van der Waals surface area (Å²) in [5, 5.41) is 13.4. The fourth-order valence-corrected chi connectivity index (χ4v) is 2.65. The molecule has 1 aliphatic rings. The summed E-state index contributed by atoms with van der Waals surface area (Å²) in [4.78, 5) is 16.1. The van der Waals surface area contributed by atoms with Gasteiger partial charge in [0.2, 0.25) is 0 Å². The first-order valence-electron chi connectivity index (χ1n) is 6.50. The van der Waals surface area contributed by atoms with Gasteiger partial charge in [-0.3, -0.25) is 4.98 Å². The molecule has 1 aromatic heterocycles. The van der Waals surface area contributed by atoms with Crippen molar-refractivity contribution in [2.75, 3.05) is 13.1 Å². The Morgan fingerprint density at radius 3 is 2.95 bits per heavy atom. The molecule has 98 valence electrons. The van der Waals surface area contributed by atoms with Crippen molar-refractivity contribution in [3.05, 3.63) is 41.1 Å². The number of carboxylic acid groups (broad SMARTS) is 1. The number of rotatable bonds is 2. The molecule has 0 spiro atoms. The topological polar surface area (TPSA) is 62.2 Å². The Labute approximate surface area is 111 Å². The first-order valence-corrected chi connectivity index (χ1v) is 6.50. The minimum atomic E-state index is -0.884. The third kappa shape index (κ3) is 2.19. The third-order valence-corrected chi connectivity index (χ3v) is 3.69. The van der Waals surface area contributed by atoms with Crippen LogP contribution in [0.5, 0.6) is 0 Å². The summed E-state index contributed by atoms with van der Waals surface area (Å²) in [6.07, 6.45) is 1.02. The second-order valence-electron chi connectivity index (χ2n) is 5.11. The number of benzene rings is 1. The van der Waals surface area contributed by atoms with Crippen molar-refractivity contribution in [2.45, 2.75) is 19.3 Å². The zero-order valence-electron chi connectivity index (χ0n) is 10.8. The van der Waals surface area contributed by atoms with E-state index in [-0.39, 0.29) is 0 Å². The molecular weight excluding hydrogens is 240 g/mol. The van der Waals surface area contributed by atoms with Crippen molar-refractivity contribution in [3.63, 3.8) is 0 Å². The average molecular weight is 256 g/mol. The maximum Gasteiger partial charge on any atom is 0.336 e.